The number of ether oxygens (including phenoxy) is 1. The molecular formula is C25H29N5O2. The molecule has 4 rings (SSSR count). The number of hydrogen-bond acceptors (Lipinski definition) is 6. The number of anilines is 3. The van der Waals surface area contributed by atoms with Crippen LogP contribution in [0, 0.1) is 5.92 Å². The van der Waals surface area contributed by atoms with Gasteiger partial charge in [-0.1, -0.05) is 0 Å². The number of amides is 1. The van der Waals surface area contributed by atoms with Gasteiger partial charge in [0.1, 0.15) is 17.9 Å². The number of carbonyl (C=O) groups excluding carboxylic acids is 1. The number of aromatic nitrogens is 2. The summed E-state index contributed by atoms with van der Waals surface area (Å²) in [6.45, 7) is 1.58. The SMILES string of the molecule is COc1ccc(-c2cc(N3CCC(C(=O)Nc4ccc(N(C)C)cc4)CC3)ncn2)cc1. The molecule has 1 fully saturated rings. The van der Waals surface area contributed by atoms with Gasteiger partial charge >= 0.3 is 0 Å². The molecule has 1 aromatic heterocycles. The summed E-state index contributed by atoms with van der Waals surface area (Å²) in [7, 11) is 5.65. The van der Waals surface area contributed by atoms with E-state index in [4.69, 9.17) is 4.74 Å². The average Bonchev–Trinajstić information content (AvgIpc) is 2.84. The molecule has 1 N–H and O–H groups in total. The highest BCUT2D eigenvalue weighted by Crippen LogP contribution is 2.27. The number of methoxy groups -OCH3 is 1. The molecule has 7 nitrogen and oxygen atoms in total. The van der Waals surface area contributed by atoms with E-state index in [1.807, 2.05) is 73.6 Å². The lowest BCUT2D eigenvalue weighted by Crippen LogP contribution is -2.38. The molecule has 0 aliphatic carbocycles. The van der Waals surface area contributed by atoms with Gasteiger partial charge in [-0.2, -0.15) is 0 Å². The molecule has 0 bridgehead atoms. The number of nitrogens with zero attached hydrogens (tertiary/aromatic N) is 4. The Morgan fingerprint density at radius 1 is 1.03 bits per heavy atom. The number of nitrogens with one attached hydrogen (secondary N) is 1. The zero-order valence-corrected chi connectivity index (χ0v) is 18.8. The van der Waals surface area contributed by atoms with Crippen LogP contribution in [-0.2, 0) is 4.79 Å². The Kier molecular flexibility index (Phi) is 6.54. The molecule has 1 saturated heterocycles. The van der Waals surface area contributed by atoms with Gasteiger partial charge in [-0.25, -0.2) is 9.97 Å². The Morgan fingerprint density at radius 3 is 2.34 bits per heavy atom. The first-order valence-corrected chi connectivity index (χ1v) is 10.8. The maximum atomic E-state index is 12.7. The van der Waals surface area contributed by atoms with Gasteiger partial charge in [-0.15, -0.1) is 0 Å². The molecule has 2 aromatic carbocycles. The highest BCUT2D eigenvalue weighted by Gasteiger charge is 2.26. The standard InChI is InChI=1S/C25H29N5O2/c1-29(2)21-8-6-20(7-9-21)28-25(31)19-12-14-30(15-13-19)24-16-23(26-17-27-24)18-4-10-22(32-3)11-5-18/h4-11,16-17,19H,12-15H2,1-3H3,(H,28,31). The molecule has 0 radical (unpaired) electrons. The third-order valence-electron chi connectivity index (χ3n) is 5.88. The van der Waals surface area contributed by atoms with Crippen LogP contribution in [0.15, 0.2) is 60.9 Å². The van der Waals surface area contributed by atoms with Crippen LogP contribution in [0.1, 0.15) is 12.8 Å². The highest BCUT2D eigenvalue weighted by atomic mass is 16.5. The summed E-state index contributed by atoms with van der Waals surface area (Å²) in [6.07, 6.45) is 3.19. The molecule has 1 aliphatic heterocycles. The molecule has 0 unspecified atom stereocenters. The minimum atomic E-state index is 0.00247. The van der Waals surface area contributed by atoms with E-state index in [9.17, 15) is 4.79 Å². The lowest BCUT2D eigenvalue weighted by molar-refractivity contribution is -0.120. The second kappa shape index (κ2) is 9.68. The summed E-state index contributed by atoms with van der Waals surface area (Å²) >= 11 is 0. The van der Waals surface area contributed by atoms with Crippen LogP contribution in [0.3, 0.4) is 0 Å². The fourth-order valence-electron chi connectivity index (χ4n) is 3.90. The van der Waals surface area contributed by atoms with E-state index in [2.05, 4.69) is 20.2 Å². The zero-order valence-electron chi connectivity index (χ0n) is 18.8. The summed E-state index contributed by atoms with van der Waals surface area (Å²) in [5.74, 6) is 1.80. The zero-order chi connectivity index (χ0) is 22.5. The first-order chi connectivity index (χ1) is 15.5. The maximum absolute atomic E-state index is 12.7. The summed E-state index contributed by atoms with van der Waals surface area (Å²) in [6, 6.07) is 17.8. The van der Waals surface area contributed by atoms with Crippen molar-refractivity contribution in [2.45, 2.75) is 12.8 Å². The van der Waals surface area contributed by atoms with Crippen LogP contribution < -0.4 is 19.9 Å². The topological polar surface area (TPSA) is 70.6 Å². The van der Waals surface area contributed by atoms with E-state index in [1.54, 1.807) is 13.4 Å². The number of piperidine rings is 1. The van der Waals surface area contributed by atoms with Crippen molar-refractivity contribution in [1.29, 1.82) is 0 Å². The summed E-state index contributed by atoms with van der Waals surface area (Å²) in [4.78, 5) is 25.9. The van der Waals surface area contributed by atoms with Gasteiger partial charge in [0, 0.05) is 56.1 Å². The minimum Gasteiger partial charge on any atom is -0.497 e. The van der Waals surface area contributed by atoms with Crippen molar-refractivity contribution in [2.24, 2.45) is 5.92 Å². The summed E-state index contributed by atoms with van der Waals surface area (Å²) in [5, 5.41) is 3.06. The van der Waals surface area contributed by atoms with Crippen LogP contribution in [-0.4, -0.2) is 50.2 Å². The molecule has 166 valence electrons. The molecule has 0 saturated carbocycles. The number of carbonyl (C=O) groups is 1. The van der Waals surface area contributed by atoms with Crippen LogP contribution in [0.25, 0.3) is 11.3 Å². The molecule has 0 atom stereocenters. The number of rotatable bonds is 6. The second-order valence-corrected chi connectivity index (χ2v) is 8.18. The Bertz CT molecular complexity index is 1040. The van der Waals surface area contributed by atoms with Crippen molar-refractivity contribution in [3.05, 3.63) is 60.9 Å². The maximum Gasteiger partial charge on any atom is 0.227 e. The predicted molar refractivity (Wildman–Crippen MR) is 128 cm³/mol. The van der Waals surface area contributed by atoms with Crippen molar-refractivity contribution < 1.29 is 9.53 Å². The molecule has 0 spiro atoms. The number of benzene rings is 2. The van der Waals surface area contributed by atoms with Crippen LogP contribution in [0.5, 0.6) is 5.75 Å². The lowest BCUT2D eigenvalue weighted by Gasteiger charge is -2.32. The van der Waals surface area contributed by atoms with Crippen LogP contribution in [0.4, 0.5) is 17.2 Å². The third kappa shape index (κ3) is 4.99. The molecule has 1 amide bonds. The van der Waals surface area contributed by atoms with Gasteiger partial charge in [0.05, 0.1) is 12.8 Å². The first kappa shape index (κ1) is 21.6. The highest BCUT2D eigenvalue weighted by molar-refractivity contribution is 5.92. The molecular weight excluding hydrogens is 402 g/mol. The van der Waals surface area contributed by atoms with Crippen molar-refractivity contribution >= 4 is 23.1 Å². The van der Waals surface area contributed by atoms with Crippen molar-refractivity contribution in [1.82, 2.24) is 9.97 Å². The second-order valence-electron chi connectivity index (χ2n) is 8.18. The van der Waals surface area contributed by atoms with E-state index in [-0.39, 0.29) is 11.8 Å². The van der Waals surface area contributed by atoms with Gasteiger partial charge in [-0.3, -0.25) is 4.79 Å². The fraction of sp³-hybridized carbons (Fsp3) is 0.320. The van der Waals surface area contributed by atoms with Crippen molar-refractivity contribution in [3.63, 3.8) is 0 Å². The van der Waals surface area contributed by atoms with E-state index in [1.165, 1.54) is 0 Å². The van der Waals surface area contributed by atoms with Gasteiger partial charge < -0.3 is 19.9 Å². The van der Waals surface area contributed by atoms with E-state index < -0.39 is 0 Å². The fourth-order valence-corrected chi connectivity index (χ4v) is 3.90. The Morgan fingerprint density at radius 2 is 1.72 bits per heavy atom. The normalized spacial score (nSPS) is 14.2. The number of hydrogen-bond donors (Lipinski definition) is 1. The first-order valence-electron chi connectivity index (χ1n) is 10.8. The van der Waals surface area contributed by atoms with Gasteiger partial charge in [-0.05, 0) is 61.4 Å². The van der Waals surface area contributed by atoms with Crippen LogP contribution >= 0.6 is 0 Å². The van der Waals surface area contributed by atoms with Gasteiger partial charge in [0.15, 0.2) is 0 Å². The summed E-state index contributed by atoms with van der Waals surface area (Å²) < 4.78 is 5.23. The predicted octanol–water partition coefficient (Wildman–Crippen LogP) is 4.07. The minimum absolute atomic E-state index is 0.00247. The molecule has 7 heteroatoms. The molecule has 2 heterocycles. The Hall–Kier alpha value is -3.61. The summed E-state index contributed by atoms with van der Waals surface area (Å²) in [5.41, 5.74) is 3.83. The van der Waals surface area contributed by atoms with Crippen molar-refractivity contribution in [2.75, 3.05) is 49.4 Å². The quantitative estimate of drug-likeness (QED) is 0.634. The smallest absolute Gasteiger partial charge is 0.227 e. The molecule has 1 aliphatic rings. The molecule has 32 heavy (non-hydrogen) atoms. The third-order valence-corrected chi connectivity index (χ3v) is 5.88. The van der Waals surface area contributed by atoms with E-state index in [0.717, 1.165) is 60.1 Å². The van der Waals surface area contributed by atoms with Crippen molar-refractivity contribution in [3.8, 4) is 17.0 Å². The van der Waals surface area contributed by atoms with E-state index >= 15 is 0 Å². The monoisotopic (exact) mass is 431 g/mol. The van der Waals surface area contributed by atoms with E-state index in [0.29, 0.717) is 0 Å². The molecule has 3 aromatic rings. The lowest BCUT2D eigenvalue weighted by atomic mass is 9.95. The average molecular weight is 432 g/mol. The van der Waals surface area contributed by atoms with Gasteiger partial charge in [0.2, 0.25) is 5.91 Å². The largest absolute Gasteiger partial charge is 0.497 e. The Labute approximate surface area is 189 Å². The Balaban J connectivity index is 1.35. The van der Waals surface area contributed by atoms with Crippen LogP contribution in [0.2, 0.25) is 0 Å². The van der Waals surface area contributed by atoms with Gasteiger partial charge in [0.25, 0.3) is 0 Å².